The van der Waals surface area contributed by atoms with Gasteiger partial charge >= 0.3 is 12.3 Å². The summed E-state index contributed by atoms with van der Waals surface area (Å²) in [5, 5.41) is 0. The maximum absolute atomic E-state index is 11.9. The van der Waals surface area contributed by atoms with Gasteiger partial charge in [-0.05, 0) is 6.42 Å². The zero-order valence-electron chi connectivity index (χ0n) is 6.42. The fourth-order valence-corrected chi connectivity index (χ4v) is 0.427. The molecule has 0 saturated carbocycles. The summed E-state index contributed by atoms with van der Waals surface area (Å²) in [6, 6.07) is 0. The SMILES string of the molecule is CCCCOC(F)(F)C(F)(F)F. The Kier molecular flexibility index (Phi) is 3.89. The van der Waals surface area contributed by atoms with Crippen LogP contribution in [0.1, 0.15) is 19.8 Å². The van der Waals surface area contributed by atoms with Gasteiger partial charge in [0.1, 0.15) is 0 Å². The second-order valence-electron chi connectivity index (χ2n) is 2.22. The Morgan fingerprint density at radius 3 is 1.92 bits per heavy atom. The second-order valence-corrected chi connectivity index (χ2v) is 2.22. The monoisotopic (exact) mass is 192 g/mol. The van der Waals surface area contributed by atoms with Gasteiger partial charge in [0.25, 0.3) is 0 Å². The van der Waals surface area contributed by atoms with Crippen LogP contribution in [0.25, 0.3) is 0 Å². The molecule has 12 heavy (non-hydrogen) atoms. The predicted molar refractivity (Wildman–Crippen MR) is 31.9 cm³/mol. The maximum atomic E-state index is 11.9. The molecule has 0 aliphatic carbocycles. The predicted octanol–water partition coefficient (Wildman–Crippen LogP) is 2.96. The van der Waals surface area contributed by atoms with E-state index in [0.717, 1.165) is 0 Å². The lowest BCUT2D eigenvalue weighted by Crippen LogP contribution is -2.39. The summed E-state index contributed by atoms with van der Waals surface area (Å²) >= 11 is 0. The van der Waals surface area contributed by atoms with Crippen LogP contribution in [0.4, 0.5) is 22.0 Å². The molecule has 74 valence electrons. The lowest BCUT2D eigenvalue weighted by molar-refractivity contribution is -0.391. The van der Waals surface area contributed by atoms with Crippen molar-refractivity contribution >= 4 is 0 Å². The van der Waals surface area contributed by atoms with Crippen molar-refractivity contribution in [1.29, 1.82) is 0 Å². The summed E-state index contributed by atoms with van der Waals surface area (Å²) in [7, 11) is 0. The normalized spacial score (nSPS) is 13.5. The number of unbranched alkanes of at least 4 members (excludes halogenated alkanes) is 1. The van der Waals surface area contributed by atoms with Crippen molar-refractivity contribution in [2.75, 3.05) is 6.61 Å². The van der Waals surface area contributed by atoms with E-state index in [9.17, 15) is 22.0 Å². The molecule has 0 aliphatic heterocycles. The van der Waals surface area contributed by atoms with Crippen molar-refractivity contribution in [1.82, 2.24) is 0 Å². The molecule has 0 bridgehead atoms. The van der Waals surface area contributed by atoms with Crippen molar-refractivity contribution in [3.8, 4) is 0 Å². The Morgan fingerprint density at radius 2 is 1.58 bits per heavy atom. The minimum atomic E-state index is -5.61. The molecule has 0 aromatic rings. The highest BCUT2D eigenvalue weighted by Crippen LogP contribution is 2.36. The van der Waals surface area contributed by atoms with Crippen LogP contribution in [0.3, 0.4) is 0 Å². The van der Waals surface area contributed by atoms with Crippen LogP contribution in [-0.2, 0) is 4.74 Å². The smallest absolute Gasteiger partial charge is 0.313 e. The number of hydrogen-bond donors (Lipinski definition) is 0. The quantitative estimate of drug-likeness (QED) is 0.491. The molecule has 0 atom stereocenters. The molecule has 0 rings (SSSR count). The number of rotatable bonds is 4. The molecule has 0 aliphatic rings. The van der Waals surface area contributed by atoms with E-state index in [1.54, 1.807) is 6.92 Å². The van der Waals surface area contributed by atoms with Gasteiger partial charge < -0.3 is 4.74 Å². The van der Waals surface area contributed by atoms with E-state index in [2.05, 4.69) is 4.74 Å². The van der Waals surface area contributed by atoms with E-state index in [1.165, 1.54) is 0 Å². The van der Waals surface area contributed by atoms with Crippen LogP contribution in [0.5, 0.6) is 0 Å². The minimum Gasteiger partial charge on any atom is -0.313 e. The second kappa shape index (κ2) is 4.02. The largest absolute Gasteiger partial charge is 0.482 e. The van der Waals surface area contributed by atoms with Crippen LogP contribution in [-0.4, -0.2) is 18.9 Å². The van der Waals surface area contributed by atoms with Crippen molar-refractivity contribution in [2.45, 2.75) is 32.1 Å². The summed E-state index contributed by atoms with van der Waals surface area (Å²) in [4.78, 5) is 0. The Morgan fingerprint density at radius 1 is 1.08 bits per heavy atom. The van der Waals surface area contributed by atoms with Gasteiger partial charge in [-0.3, -0.25) is 0 Å². The first-order valence-electron chi connectivity index (χ1n) is 3.39. The number of hydrogen-bond acceptors (Lipinski definition) is 1. The third kappa shape index (κ3) is 3.34. The molecule has 0 heterocycles. The molecule has 0 radical (unpaired) electrons. The zero-order valence-corrected chi connectivity index (χ0v) is 6.42. The van der Waals surface area contributed by atoms with Gasteiger partial charge in [0.05, 0.1) is 6.61 Å². The first-order chi connectivity index (χ1) is 5.31. The fraction of sp³-hybridized carbons (Fsp3) is 1.00. The number of halogens is 5. The van der Waals surface area contributed by atoms with E-state index >= 15 is 0 Å². The Hall–Kier alpha value is -0.390. The highest BCUT2D eigenvalue weighted by atomic mass is 19.4. The highest BCUT2D eigenvalue weighted by molar-refractivity contribution is 4.63. The van der Waals surface area contributed by atoms with Crippen LogP contribution < -0.4 is 0 Å². The van der Waals surface area contributed by atoms with Crippen LogP contribution in [0.15, 0.2) is 0 Å². The fourth-order valence-electron chi connectivity index (χ4n) is 0.427. The average Bonchev–Trinajstić information content (AvgIpc) is 1.85. The van der Waals surface area contributed by atoms with E-state index < -0.39 is 18.9 Å². The molecular weight excluding hydrogens is 183 g/mol. The van der Waals surface area contributed by atoms with Gasteiger partial charge in [0.15, 0.2) is 0 Å². The van der Waals surface area contributed by atoms with Gasteiger partial charge in [-0.1, -0.05) is 13.3 Å². The van der Waals surface area contributed by atoms with Crippen LogP contribution >= 0.6 is 0 Å². The summed E-state index contributed by atoms with van der Waals surface area (Å²) in [5.41, 5.74) is 0. The standard InChI is InChI=1S/C6H9F5O/c1-2-3-4-12-6(10,11)5(7,8)9/h2-4H2,1H3. The van der Waals surface area contributed by atoms with Gasteiger partial charge in [0.2, 0.25) is 0 Å². The Balaban J connectivity index is 3.88. The molecule has 6 heteroatoms. The van der Waals surface area contributed by atoms with Gasteiger partial charge in [-0.25, -0.2) is 0 Å². The zero-order chi connectivity index (χ0) is 9.83. The molecule has 0 saturated heterocycles. The molecule has 1 nitrogen and oxygen atoms in total. The van der Waals surface area contributed by atoms with Crippen molar-refractivity contribution in [2.24, 2.45) is 0 Å². The Bertz CT molecular complexity index is 130. The van der Waals surface area contributed by atoms with Crippen LogP contribution in [0.2, 0.25) is 0 Å². The third-order valence-corrected chi connectivity index (χ3v) is 1.11. The topological polar surface area (TPSA) is 9.23 Å². The van der Waals surface area contributed by atoms with Crippen molar-refractivity contribution in [3.05, 3.63) is 0 Å². The van der Waals surface area contributed by atoms with Crippen molar-refractivity contribution in [3.63, 3.8) is 0 Å². The van der Waals surface area contributed by atoms with Gasteiger partial charge in [-0.2, -0.15) is 22.0 Å². The number of ether oxygens (including phenoxy) is 1. The number of alkyl halides is 5. The summed E-state index contributed by atoms with van der Waals surface area (Å²) in [6.07, 6.45) is -9.93. The summed E-state index contributed by atoms with van der Waals surface area (Å²) in [6.45, 7) is 1.08. The molecule has 0 fully saturated rings. The average molecular weight is 192 g/mol. The first kappa shape index (κ1) is 11.6. The lowest BCUT2D eigenvalue weighted by atomic mass is 10.4. The van der Waals surface area contributed by atoms with E-state index in [0.29, 0.717) is 6.42 Å². The minimum absolute atomic E-state index is 0.186. The molecular formula is C6H9F5O. The van der Waals surface area contributed by atoms with Crippen molar-refractivity contribution < 1.29 is 26.7 Å². The van der Waals surface area contributed by atoms with E-state index in [4.69, 9.17) is 0 Å². The van der Waals surface area contributed by atoms with E-state index in [1.807, 2.05) is 0 Å². The lowest BCUT2D eigenvalue weighted by Gasteiger charge is -2.18. The van der Waals surface area contributed by atoms with Crippen LogP contribution in [0, 0.1) is 0 Å². The molecule has 0 amide bonds. The third-order valence-electron chi connectivity index (χ3n) is 1.11. The first-order valence-corrected chi connectivity index (χ1v) is 3.39. The summed E-state index contributed by atoms with van der Waals surface area (Å²) in [5.74, 6) is 0. The van der Waals surface area contributed by atoms with Gasteiger partial charge in [-0.15, -0.1) is 0 Å². The van der Waals surface area contributed by atoms with E-state index in [-0.39, 0.29) is 6.42 Å². The highest BCUT2D eigenvalue weighted by Gasteiger charge is 2.59. The molecule has 0 spiro atoms. The maximum Gasteiger partial charge on any atom is 0.482 e. The molecule has 0 aromatic carbocycles. The van der Waals surface area contributed by atoms with Gasteiger partial charge in [0, 0.05) is 0 Å². The molecule has 0 N–H and O–H groups in total. The molecule has 0 aromatic heterocycles. The molecule has 0 unspecified atom stereocenters. The summed E-state index contributed by atoms with van der Waals surface area (Å²) < 4.78 is 61.3. The Labute approximate surface area is 66.5 Å².